The van der Waals surface area contributed by atoms with Crippen LogP contribution >= 0.6 is 22.9 Å². The summed E-state index contributed by atoms with van der Waals surface area (Å²) in [6, 6.07) is 7.63. The van der Waals surface area contributed by atoms with Crippen LogP contribution in [-0.2, 0) is 11.3 Å². The molecule has 1 amide bonds. The zero-order valence-electron chi connectivity index (χ0n) is 14.7. The molecule has 0 spiro atoms. The number of hydrogen-bond donors (Lipinski definition) is 0. The highest BCUT2D eigenvalue weighted by Crippen LogP contribution is 2.35. The number of nitrogens with zero attached hydrogens (tertiary/aromatic N) is 3. The summed E-state index contributed by atoms with van der Waals surface area (Å²) < 4.78 is 0.987. The maximum absolute atomic E-state index is 13.0. The quantitative estimate of drug-likeness (QED) is 0.631. The molecule has 2 heterocycles. The number of fused-ring (bicyclic) bond motifs is 1. The van der Waals surface area contributed by atoms with Crippen LogP contribution in [0.2, 0.25) is 5.02 Å². The number of aryl methyl sites for hydroxylation is 1. The summed E-state index contributed by atoms with van der Waals surface area (Å²) in [6.07, 6.45) is 3.47. The summed E-state index contributed by atoms with van der Waals surface area (Å²) in [7, 11) is 0. The Balaban J connectivity index is 2.08. The minimum atomic E-state index is -0.502. The fraction of sp³-hybridized carbons (Fsp3) is 0.316. The molecule has 3 rings (SSSR count). The molecule has 0 bridgehead atoms. The molecule has 130 valence electrons. The Hall–Kier alpha value is -1.98. The number of amides is 1. The van der Waals surface area contributed by atoms with E-state index in [1.165, 1.54) is 11.3 Å². The lowest BCUT2D eigenvalue weighted by atomic mass is 9.94. The van der Waals surface area contributed by atoms with Crippen molar-refractivity contribution in [2.75, 3.05) is 4.90 Å². The van der Waals surface area contributed by atoms with Crippen LogP contribution in [0.3, 0.4) is 0 Å². The minimum absolute atomic E-state index is 0.0344. The second kappa shape index (κ2) is 6.73. The third-order valence-electron chi connectivity index (χ3n) is 3.85. The van der Waals surface area contributed by atoms with Gasteiger partial charge in [-0.1, -0.05) is 43.7 Å². The van der Waals surface area contributed by atoms with Crippen molar-refractivity contribution in [2.24, 2.45) is 5.41 Å². The van der Waals surface area contributed by atoms with E-state index in [4.69, 9.17) is 16.6 Å². The Morgan fingerprint density at radius 1 is 1.24 bits per heavy atom. The first-order valence-electron chi connectivity index (χ1n) is 8.03. The average Bonchev–Trinajstić information content (AvgIpc) is 2.96. The Labute approximate surface area is 156 Å². The topological polar surface area (TPSA) is 46.1 Å². The molecule has 6 heteroatoms. The largest absolute Gasteiger partial charge is 0.283 e. The molecule has 0 aliphatic carbocycles. The van der Waals surface area contributed by atoms with E-state index in [1.807, 2.05) is 52.0 Å². The third-order valence-corrected chi connectivity index (χ3v) is 5.09. The molecule has 0 atom stereocenters. The molecule has 0 aliphatic heterocycles. The van der Waals surface area contributed by atoms with Crippen molar-refractivity contribution in [2.45, 2.75) is 34.2 Å². The van der Waals surface area contributed by atoms with E-state index in [1.54, 1.807) is 17.3 Å². The van der Waals surface area contributed by atoms with E-state index in [0.29, 0.717) is 16.7 Å². The fourth-order valence-electron chi connectivity index (χ4n) is 2.56. The molecule has 4 nitrogen and oxygen atoms in total. The molecular weight excluding hydrogens is 354 g/mol. The molecule has 0 radical (unpaired) electrons. The molecule has 0 unspecified atom stereocenters. The van der Waals surface area contributed by atoms with Gasteiger partial charge in [0, 0.05) is 22.8 Å². The van der Waals surface area contributed by atoms with Gasteiger partial charge in [0.2, 0.25) is 5.91 Å². The fourth-order valence-corrected chi connectivity index (χ4v) is 3.98. The lowest BCUT2D eigenvalue weighted by Gasteiger charge is -2.27. The standard InChI is InChI=1S/C19H20ClN3OS/c1-12-9-14(20)10-15-16(12)22-18(25-15)23(17(24)19(2,3)4)11-13-5-7-21-8-6-13/h5-10H,11H2,1-4H3. The van der Waals surface area contributed by atoms with E-state index >= 15 is 0 Å². The zero-order valence-corrected chi connectivity index (χ0v) is 16.3. The van der Waals surface area contributed by atoms with Gasteiger partial charge in [-0.3, -0.25) is 14.7 Å². The van der Waals surface area contributed by atoms with Crippen LogP contribution < -0.4 is 4.90 Å². The third kappa shape index (κ3) is 3.83. The summed E-state index contributed by atoms with van der Waals surface area (Å²) in [4.78, 5) is 23.6. The summed E-state index contributed by atoms with van der Waals surface area (Å²) >= 11 is 7.66. The minimum Gasteiger partial charge on any atom is -0.283 e. The molecule has 0 aliphatic rings. The van der Waals surface area contributed by atoms with Gasteiger partial charge in [0.1, 0.15) is 0 Å². The van der Waals surface area contributed by atoms with Crippen LogP contribution in [0.5, 0.6) is 0 Å². The molecule has 0 N–H and O–H groups in total. The van der Waals surface area contributed by atoms with Crippen molar-refractivity contribution in [1.82, 2.24) is 9.97 Å². The van der Waals surface area contributed by atoms with Gasteiger partial charge in [0.05, 0.1) is 16.8 Å². The first-order chi connectivity index (χ1) is 11.8. The highest BCUT2D eigenvalue weighted by atomic mass is 35.5. The van der Waals surface area contributed by atoms with E-state index in [0.717, 1.165) is 21.3 Å². The Bertz CT molecular complexity index is 916. The van der Waals surface area contributed by atoms with Crippen LogP contribution in [0, 0.1) is 12.3 Å². The number of aromatic nitrogens is 2. The average molecular weight is 374 g/mol. The number of benzene rings is 1. The second-order valence-electron chi connectivity index (χ2n) is 7.06. The summed E-state index contributed by atoms with van der Waals surface area (Å²) in [5.41, 5.74) is 2.42. The second-order valence-corrected chi connectivity index (χ2v) is 8.51. The maximum Gasteiger partial charge on any atom is 0.234 e. The molecule has 25 heavy (non-hydrogen) atoms. The van der Waals surface area contributed by atoms with Crippen molar-refractivity contribution in [3.8, 4) is 0 Å². The predicted octanol–water partition coefficient (Wildman–Crippen LogP) is 5.23. The van der Waals surface area contributed by atoms with Crippen molar-refractivity contribution in [1.29, 1.82) is 0 Å². The van der Waals surface area contributed by atoms with E-state index in [9.17, 15) is 4.79 Å². The van der Waals surface area contributed by atoms with Gasteiger partial charge < -0.3 is 0 Å². The van der Waals surface area contributed by atoms with Crippen LogP contribution in [0.4, 0.5) is 5.13 Å². The number of pyridine rings is 1. The molecule has 0 saturated carbocycles. The van der Waals surface area contributed by atoms with Gasteiger partial charge >= 0.3 is 0 Å². The smallest absolute Gasteiger partial charge is 0.234 e. The zero-order chi connectivity index (χ0) is 18.2. The molecular formula is C19H20ClN3OS. The van der Waals surface area contributed by atoms with Crippen LogP contribution in [0.1, 0.15) is 31.9 Å². The molecule has 0 fully saturated rings. The van der Waals surface area contributed by atoms with Crippen LogP contribution in [0.15, 0.2) is 36.7 Å². The summed E-state index contributed by atoms with van der Waals surface area (Å²) in [5, 5.41) is 1.38. The van der Waals surface area contributed by atoms with Gasteiger partial charge in [-0.15, -0.1) is 0 Å². The maximum atomic E-state index is 13.0. The number of thiazole rings is 1. The van der Waals surface area contributed by atoms with Gasteiger partial charge in [-0.25, -0.2) is 4.98 Å². The highest BCUT2D eigenvalue weighted by molar-refractivity contribution is 7.22. The highest BCUT2D eigenvalue weighted by Gasteiger charge is 2.30. The van der Waals surface area contributed by atoms with Crippen LogP contribution in [-0.4, -0.2) is 15.9 Å². The van der Waals surface area contributed by atoms with Crippen molar-refractivity contribution in [3.05, 3.63) is 52.8 Å². The monoisotopic (exact) mass is 373 g/mol. The Morgan fingerprint density at radius 3 is 2.56 bits per heavy atom. The van der Waals surface area contributed by atoms with E-state index < -0.39 is 5.41 Å². The van der Waals surface area contributed by atoms with Gasteiger partial charge in [0.25, 0.3) is 0 Å². The first-order valence-corrected chi connectivity index (χ1v) is 9.23. The summed E-state index contributed by atoms with van der Waals surface area (Å²) in [6.45, 7) is 8.21. The van der Waals surface area contributed by atoms with Gasteiger partial charge in [-0.05, 0) is 42.3 Å². The van der Waals surface area contributed by atoms with Gasteiger partial charge in [0.15, 0.2) is 5.13 Å². The van der Waals surface area contributed by atoms with E-state index in [2.05, 4.69) is 4.98 Å². The Morgan fingerprint density at radius 2 is 1.92 bits per heavy atom. The number of anilines is 1. The predicted molar refractivity (Wildman–Crippen MR) is 104 cm³/mol. The number of carbonyl (C=O) groups excluding carboxylic acids is 1. The number of rotatable bonds is 3. The van der Waals surface area contributed by atoms with Crippen molar-refractivity contribution >= 4 is 44.2 Å². The normalized spacial score (nSPS) is 11.7. The van der Waals surface area contributed by atoms with Crippen LogP contribution in [0.25, 0.3) is 10.2 Å². The Kier molecular flexibility index (Phi) is 4.80. The summed E-state index contributed by atoms with van der Waals surface area (Å²) in [5.74, 6) is 0.0344. The SMILES string of the molecule is Cc1cc(Cl)cc2sc(N(Cc3ccncc3)C(=O)C(C)(C)C)nc12. The van der Waals surface area contributed by atoms with E-state index in [-0.39, 0.29) is 5.91 Å². The lowest BCUT2D eigenvalue weighted by Crippen LogP contribution is -2.39. The first kappa shape index (κ1) is 17.8. The molecule has 0 saturated heterocycles. The number of halogens is 1. The van der Waals surface area contributed by atoms with Crippen molar-refractivity contribution in [3.63, 3.8) is 0 Å². The number of hydrogen-bond acceptors (Lipinski definition) is 4. The van der Waals surface area contributed by atoms with Gasteiger partial charge in [-0.2, -0.15) is 0 Å². The van der Waals surface area contributed by atoms with Crippen molar-refractivity contribution < 1.29 is 4.79 Å². The number of carbonyl (C=O) groups is 1. The molecule has 1 aromatic carbocycles. The molecule has 3 aromatic rings. The lowest BCUT2D eigenvalue weighted by molar-refractivity contribution is -0.125. The molecule has 2 aromatic heterocycles.